The van der Waals surface area contributed by atoms with Gasteiger partial charge in [-0.25, -0.2) is 9.97 Å². The first kappa shape index (κ1) is 21.7. The molecule has 0 saturated carbocycles. The van der Waals surface area contributed by atoms with Crippen molar-refractivity contribution in [1.82, 2.24) is 15.0 Å². The number of rotatable bonds is 4. The summed E-state index contributed by atoms with van der Waals surface area (Å²) < 4.78 is 39.0. The summed E-state index contributed by atoms with van der Waals surface area (Å²) in [5.74, 6) is -0.634. The van der Waals surface area contributed by atoms with Gasteiger partial charge in [0.25, 0.3) is 5.91 Å². The van der Waals surface area contributed by atoms with Crippen LogP contribution in [0, 0.1) is 0 Å². The second-order valence-electron chi connectivity index (χ2n) is 7.41. The minimum absolute atomic E-state index is 0.0800. The quantitative estimate of drug-likeness (QED) is 0.314. The fraction of sp³-hybridized carbons (Fsp3) is 0.0400. The van der Waals surface area contributed by atoms with E-state index in [0.29, 0.717) is 11.4 Å². The van der Waals surface area contributed by atoms with E-state index in [1.807, 2.05) is 24.3 Å². The maximum atomic E-state index is 13.0. The minimum Gasteiger partial charge on any atom is -0.322 e. The smallest absolute Gasteiger partial charge is 0.322 e. The van der Waals surface area contributed by atoms with Crippen LogP contribution in [0.15, 0.2) is 85.5 Å². The number of thiophene rings is 1. The van der Waals surface area contributed by atoms with Crippen LogP contribution in [-0.2, 0) is 6.18 Å². The van der Waals surface area contributed by atoms with Gasteiger partial charge in [-0.3, -0.25) is 9.78 Å². The number of aromatic nitrogens is 3. The molecule has 0 aliphatic heterocycles. The van der Waals surface area contributed by atoms with Crippen molar-refractivity contribution < 1.29 is 18.0 Å². The predicted molar refractivity (Wildman–Crippen MR) is 125 cm³/mol. The van der Waals surface area contributed by atoms with Crippen molar-refractivity contribution in [3.05, 3.63) is 96.6 Å². The van der Waals surface area contributed by atoms with E-state index in [-0.39, 0.29) is 5.56 Å². The molecule has 0 spiro atoms. The van der Waals surface area contributed by atoms with E-state index in [2.05, 4.69) is 20.3 Å². The Morgan fingerprint density at radius 3 is 2.53 bits per heavy atom. The van der Waals surface area contributed by atoms with Gasteiger partial charge in [0.05, 0.1) is 11.3 Å². The summed E-state index contributed by atoms with van der Waals surface area (Å²) in [6.45, 7) is 0. The third kappa shape index (κ3) is 4.38. The predicted octanol–water partition coefficient (Wildman–Crippen LogP) is 6.69. The maximum Gasteiger partial charge on any atom is 0.416 e. The number of nitrogens with one attached hydrogen (secondary N) is 1. The summed E-state index contributed by atoms with van der Waals surface area (Å²) in [6, 6.07) is 17.1. The van der Waals surface area contributed by atoms with Crippen LogP contribution >= 0.6 is 11.3 Å². The van der Waals surface area contributed by atoms with E-state index in [0.717, 1.165) is 38.4 Å². The summed E-state index contributed by atoms with van der Waals surface area (Å²) in [7, 11) is 0. The molecule has 0 aliphatic carbocycles. The molecule has 34 heavy (non-hydrogen) atoms. The lowest BCUT2D eigenvalue weighted by Crippen LogP contribution is -2.14. The molecule has 0 saturated heterocycles. The molecule has 1 amide bonds. The molecule has 168 valence electrons. The second kappa shape index (κ2) is 8.68. The van der Waals surface area contributed by atoms with E-state index < -0.39 is 17.6 Å². The molecular weight excluding hydrogens is 461 g/mol. The molecule has 1 N–H and O–H groups in total. The summed E-state index contributed by atoms with van der Waals surface area (Å²) in [5, 5.41) is 3.53. The van der Waals surface area contributed by atoms with Crippen LogP contribution in [0.1, 0.15) is 15.9 Å². The molecular formula is C25H15F3N4OS. The Balaban J connectivity index is 1.46. The Hall–Kier alpha value is -4.11. The highest BCUT2D eigenvalue weighted by Crippen LogP contribution is 2.36. The molecule has 2 aromatic carbocycles. The normalized spacial score (nSPS) is 11.5. The number of carbonyl (C=O) groups excluding carboxylic acids is 1. The van der Waals surface area contributed by atoms with Crippen molar-refractivity contribution in [2.75, 3.05) is 5.32 Å². The van der Waals surface area contributed by atoms with Crippen LogP contribution in [0.3, 0.4) is 0 Å². The van der Waals surface area contributed by atoms with Crippen molar-refractivity contribution in [2.45, 2.75) is 6.18 Å². The molecule has 3 aromatic heterocycles. The van der Waals surface area contributed by atoms with E-state index in [1.54, 1.807) is 30.6 Å². The first-order chi connectivity index (χ1) is 16.4. The number of benzene rings is 2. The summed E-state index contributed by atoms with van der Waals surface area (Å²) in [6.07, 6.45) is 0.446. The summed E-state index contributed by atoms with van der Waals surface area (Å²) in [4.78, 5) is 27.4. The van der Waals surface area contributed by atoms with Crippen LogP contribution in [0.25, 0.3) is 31.9 Å². The van der Waals surface area contributed by atoms with Crippen LogP contribution in [-0.4, -0.2) is 20.9 Å². The number of carbonyl (C=O) groups is 1. The van der Waals surface area contributed by atoms with E-state index in [9.17, 15) is 18.0 Å². The number of nitrogens with zero attached hydrogens (tertiary/aromatic N) is 3. The Kier molecular flexibility index (Phi) is 5.54. The molecule has 9 heteroatoms. The number of halogens is 3. The molecule has 5 aromatic rings. The standard InChI is InChI=1S/C25H15F3N4OS/c26-25(27,28)18-7-1-5-16(10-18)23(33)32-19-8-2-4-15(11-19)22-20-12-21(17-6-3-9-29-13-17)34-24(20)31-14-30-22/h1-14H,(H,32,33). The average Bonchev–Trinajstić information content (AvgIpc) is 3.29. The van der Waals surface area contributed by atoms with Gasteiger partial charge in [-0.1, -0.05) is 24.3 Å². The Morgan fingerprint density at radius 2 is 1.74 bits per heavy atom. The number of hydrogen-bond acceptors (Lipinski definition) is 5. The van der Waals surface area contributed by atoms with Gasteiger partial charge >= 0.3 is 6.18 Å². The zero-order chi connectivity index (χ0) is 23.7. The third-order valence-corrected chi connectivity index (χ3v) is 6.21. The van der Waals surface area contributed by atoms with Crippen LogP contribution in [0.5, 0.6) is 0 Å². The van der Waals surface area contributed by atoms with Crippen molar-refractivity contribution >= 4 is 33.1 Å². The zero-order valence-corrected chi connectivity index (χ0v) is 18.2. The van der Waals surface area contributed by atoms with Crippen LogP contribution in [0.4, 0.5) is 18.9 Å². The van der Waals surface area contributed by atoms with Gasteiger partial charge in [0, 0.05) is 45.0 Å². The van der Waals surface area contributed by atoms with Crippen LogP contribution < -0.4 is 5.32 Å². The Morgan fingerprint density at radius 1 is 0.912 bits per heavy atom. The number of amides is 1. The van der Waals surface area contributed by atoms with Gasteiger partial charge in [0.1, 0.15) is 11.2 Å². The Bertz CT molecular complexity index is 1500. The van der Waals surface area contributed by atoms with E-state index in [4.69, 9.17) is 0 Å². The molecule has 5 rings (SSSR count). The monoisotopic (exact) mass is 476 g/mol. The lowest BCUT2D eigenvalue weighted by Gasteiger charge is -2.10. The van der Waals surface area contributed by atoms with Gasteiger partial charge in [-0.2, -0.15) is 13.2 Å². The minimum atomic E-state index is -4.52. The van der Waals surface area contributed by atoms with Crippen LogP contribution in [0.2, 0.25) is 0 Å². The third-order valence-electron chi connectivity index (χ3n) is 5.12. The average molecular weight is 476 g/mol. The number of fused-ring (bicyclic) bond motifs is 1. The van der Waals surface area contributed by atoms with Gasteiger partial charge in [-0.15, -0.1) is 11.3 Å². The zero-order valence-electron chi connectivity index (χ0n) is 17.4. The van der Waals surface area contributed by atoms with Crippen molar-refractivity contribution in [3.8, 4) is 21.7 Å². The highest BCUT2D eigenvalue weighted by molar-refractivity contribution is 7.21. The molecule has 5 nitrogen and oxygen atoms in total. The fourth-order valence-corrected chi connectivity index (χ4v) is 4.51. The summed E-state index contributed by atoms with van der Waals surface area (Å²) in [5.41, 5.74) is 1.88. The fourth-order valence-electron chi connectivity index (χ4n) is 3.52. The first-order valence-corrected chi connectivity index (χ1v) is 10.9. The topological polar surface area (TPSA) is 67.8 Å². The highest BCUT2D eigenvalue weighted by atomic mass is 32.1. The molecule has 0 unspecified atom stereocenters. The van der Waals surface area contributed by atoms with Gasteiger partial charge in [-0.05, 0) is 42.5 Å². The molecule has 0 fully saturated rings. The highest BCUT2D eigenvalue weighted by Gasteiger charge is 2.30. The lowest BCUT2D eigenvalue weighted by molar-refractivity contribution is -0.137. The first-order valence-electron chi connectivity index (χ1n) is 10.1. The molecule has 0 aliphatic rings. The number of pyridine rings is 1. The van der Waals surface area contributed by atoms with E-state index in [1.165, 1.54) is 29.8 Å². The number of anilines is 1. The molecule has 0 radical (unpaired) electrons. The summed E-state index contributed by atoms with van der Waals surface area (Å²) >= 11 is 1.52. The SMILES string of the molecule is O=C(Nc1cccc(-c2ncnc3sc(-c4cccnc4)cc23)c1)c1cccc(C(F)(F)F)c1. The molecule has 0 atom stereocenters. The van der Waals surface area contributed by atoms with Gasteiger partial charge < -0.3 is 5.32 Å². The lowest BCUT2D eigenvalue weighted by atomic mass is 10.1. The Labute approximate surface area is 196 Å². The van der Waals surface area contributed by atoms with E-state index >= 15 is 0 Å². The molecule has 0 bridgehead atoms. The van der Waals surface area contributed by atoms with Crippen molar-refractivity contribution in [2.24, 2.45) is 0 Å². The number of hydrogen-bond donors (Lipinski definition) is 1. The molecule has 3 heterocycles. The van der Waals surface area contributed by atoms with Gasteiger partial charge in [0.2, 0.25) is 0 Å². The maximum absolute atomic E-state index is 13.0. The van der Waals surface area contributed by atoms with Crippen molar-refractivity contribution in [3.63, 3.8) is 0 Å². The van der Waals surface area contributed by atoms with Gasteiger partial charge in [0.15, 0.2) is 0 Å². The second-order valence-corrected chi connectivity index (χ2v) is 8.44. The largest absolute Gasteiger partial charge is 0.416 e. The van der Waals surface area contributed by atoms with Crippen molar-refractivity contribution in [1.29, 1.82) is 0 Å². The number of alkyl halides is 3.